The number of aromatic nitrogens is 2. The molecule has 1 saturated carbocycles. The molecule has 3 heteroatoms. The summed E-state index contributed by atoms with van der Waals surface area (Å²) in [4.78, 5) is 7.94. The molecule has 0 bridgehead atoms. The van der Waals surface area contributed by atoms with Gasteiger partial charge < -0.3 is 10.7 Å². The number of aromatic amines is 1. The van der Waals surface area contributed by atoms with E-state index in [0.29, 0.717) is 6.54 Å². The van der Waals surface area contributed by atoms with Crippen LogP contribution in [0.3, 0.4) is 0 Å². The van der Waals surface area contributed by atoms with E-state index in [-0.39, 0.29) is 5.41 Å². The molecule has 2 aromatic rings. The third-order valence-corrected chi connectivity index (χ3v) is 3.14. The van der Waals surface area contributed by atoms with Crippen molar-refractivity contribution in [3.63, 3.8) is 0 Å². The Morgan fingerprint density at radius 2 is 2.14 bits per heavy atom. The van der Waals surface area contributed by atoms with E-state index in [9.17, 15) is 0 Å². The summed E-state index contributed by atoms with van der Waals surface area (Å²) in [6.45, 7) is 0.701. The van der Waals surface area contributed by atoms with Crippen LogP contribution in [-0.2, 0) is 5.41 Å². The smallest absolute Gasteiger partial charge is 0.114 e. The maximum Gasteiger partial charge on any atom is 0.114 e. The Morgan fingerprint density at radius 3 is 2.79 bits per heavy atom. The molecule has 0 spiro atoms. The molecule has 0 saturated heterocycles. The molecule has 1 aliphatic carbocycles. The molecule has 3 N–H and O–H groups in total. The van der Waals surface area contributed by atoms with Crippen molar-refractivity contribution in [3.05, 3.63) is 30.1 Å². The van der Waals surface area contributed by atoms with E-state index >= 15 is 0 Å². The second-order valence-corrected chi connectivity index (χ2v) is 4.09. The normalized spacial score (nSPS) is 18.6. The molecule has 1 heterocycles. The Morgan fingerprint density at radius 1 is 1.36 bits per heavy atom. The van der Waals surface area contributed by atoms with Crippen molar-refractivity contribution in [2.45, 2.75) is 18.3 Å². The second-order valence-electron chi connectivity index (χ2n) is 4.09. The zero-order valence-corrected chi connectivity index (χ0v) is 7.96. The van der Waals surface area contributed by atoms with Crippen molar-refractivity contribution < 1.29 is 0 Å². The minimum absolute atomic E-state index is 0.166. The van der Waals surface area contributed by atoms with Crippen molar-refractivity contribution in [1.82, 2.24) is 9.97 Å². The van der Waals surface area contributed by atoms with Crippen molar-refractivity contribution in [2.24, 2.45) is 5.73 Å². The first kappa shape index (κ1) is 8.00. The minimum Gasteiger partial charge on any atom is -0.341 e. The molecule has 3 nitrogen and oxygen atoms in total. The number of hydrogen-bond acceptors (Lipinski definition) is 2. The lowest BCUT2D eigenvalue weighted by molar-refractivity contribution is 0.662. The number of nitrogens with two attached hydrogens (primary N) is 1. The average molecular weight is 187 g/mol. The van der Waals surface area contributed by atoms with E-state index in [1.165, 1.54) is 12.8 Å². The summed E-state index contributed by atoms with van der Waals surface area (Å²) in [7, 11) is 0. The summed E-state index contributed by atoms with van der Waals surface area (Å²) in [5, 5.41) is 0. The molecule has 0 unspecified atom stereocenters. The van der Waals surface area contributed by atoms with E-state index in [2.05, 4.69) is 16.0 Å². The summed E-state index contributed by atoms with van der Waals surface area (Å²) in [5.41, 5.74) is 8.09. The van der Waals surface area contributed by atoms with Gasteiger partial charge in [0.05, 0.1) is 11.0 Å². The van der Waals surface area contributed by atoms with Crippen LogP contribution in [0.2, 0.25) is 0 Å². The SMILES string of the molecule is NCC1(c2nc3ccccc3[nH]2)CC1. The van der Waals surface area contributed by atoms with Gasteiger partial charge in [-0.05, 0) is 25.0 Å². The summed E-state index contributed by atoms with van der Waals surface area (Å²) in [6.07, 6.45) is 2.34. The van der Waals surface area contributed by atoms with E-state index < -0.39 is 0 Å². The second kappa shape index (κ2) is 2.58. The predicted molar refractivity (Wildman–Crippen MR) is 56.1 cm³/mol. The molecule has 0 amide bonds. The van der Waals surface area contributed by atoms with Gasteiger partial charge in [-0.1, -0.05) is 12.1 Å². The lowest BCUT2D eigenvalue weighted by Crippen LogP contribution is -2.20. The quantitative estimate of drug-likeness (QED) is 0.749. The van der Waals surface area contributed by atoms with Crippen LogP contribution in [0.25, 0.3) is 11.0 Å². The van der Waals surface area contributed by atoms with Gasteiger partial charge in [0.25, 0.3) is 0 Å². The van der Waals surface area contributed by atoms with Crippen LogP contribution < -0.4 is 5.73 Å². The fourth-order valence-electron chi connectivity index (χ4n) is 1.89. The molecule has 1 fully saturated rings. The fraction of sp³-hybridized carbons (Fsp3) is 0.364. The Hall–Kier alpha value is -1.35. The summed E-state index contributed by atoms with van der Waals surface area (Å²) in [5.74, 6) is 1.07. The van der Waals surface area contributed by atoms with Gasteiger partial charge in [-0.3, -0.25) is 0 Å². The highest BCUT2D eigenvalue weighted by Gasteiger charge is 2.45. The zero-order valence-electron chi connectivity index (χ0n) is 7.96. The third kappa shape index (κ3) is 0.990. The minimum atomic E-state index is 0.166. The molecule has 1 aromatic carbocycles. The Kier molecular flexibility index (Phi) is 1.47. The van der Waals surface area contributed by atoms with Gasteiger partial charge in [0.2, 0.25) is 0 Å². The Bertz CT molecular complexity index is 435. The van der Waals surface area contributed by atoms with Crippen LogP contribution in [0.15, 0.2) is 24.3 Å². The lowest BCUT2D eigenvalue weighted by atomic mass is 10.1. The number of para-hydroxylation sites is 2. The van der Waals surface area contributed by atoms with Crippen LogP contribution in [0.5, 0.6) is 0 Å². The van der Waals surface area contributed by atoms with Crippen molar-refractivity contribution >= 4 is 11.0 Å². The standard InChI is InChI=1S/C11H13N3/c12-7-11(5-6-11)10-13-8-3-1-2-4-9(8)14-10/h1-4H,5-7,12H2,(H,13,14). The van der Waals surface area contributed by atoms with Crippen molar-refractivity contribution in [1.29, 1.82) is 0 Å². The number of nitrogens with one attached hydrogen (secondary N) is 1. The van der Waals surface area contributed by atoms with Gasteiger partial charge in [-0.15, -0.1) is 0 Å². The molecule has 72 valence electrons. The molecular formula is C11H13N3. The fourth-order valence-corrected chi connectivity index (χ4v) is 1.89. The van der Waals surface area contributed by atoms with Gasteiger partial charge >= 0.3 is 0 Å². The predicted octanol–water partition coefficient (Wildman–Crippen LogP) is 1.55. The maximum atomic E-state index is 5.76. The Labute approximate surface area is 82.3 Å². The topological polar surface area (TPSA) is 54.7 Å². The number of hydrogen-bond donors (Lipinski definition) is 2. The molecular weight excluding hydrogens is 174 g/mol. The first-order valence-corrected chi connectivity index (χ1v) is 4.99. The molecule has 0 atom stereocenters. The van der Waals surface area contributed by atoms with Gasteiger partial charge in [-0.25, -0.2) is 4.98 Å². The van der Waals surface area contributed by atoms with E-state index in [0.717, 1.165) is 16.9 Å². The zero-order chi connectivity index (χ0) is 9.60. The number of H-pyrrole nitrogens is 1. The molecule has 1 aliphatic rings. The van der Waals surface area contributed by atoms with Crippen molar-refractivity contribution in [2.75, 3.05) is 6.54 Å². The molecule has 3 rings (SSSR count). The van der Waals surface area contributed by atoms with Crippen LogP contribution in [0, 0.1) is 0 Å². The monoisotopic (exact) mass is 187 g/mol. The summed E-state index contributed by atoms with van der Waals surface area (Å²) >= 11 is 0. The lowest BCUT2D eigenvalue weighted by Gasteiger charge is -2.06. The summed E-state index contributed by atoms with van der Waals surface area (Å²) < 4.78 is 0. The summed E-state index contributed by atoms with van der Waals surface area (Å²) in [6, 6.07) is 8.11. The number of imidazole rings is 1. The van der Waals surface area contributed by atoms with Crippen LogP contribution in [-0.4, -0.2) is 16.5 Å². The number of nitrogens with zero attached hydrogens (tertiary/aromatic N) is 1. The number of benzene rings is 1. The van der Waals surface area contributed by atoms with E-state index in [1.807, 2.05) is 18.2 Å². The molecule has 0 radical (unpaired) electrons. The van der Waals surface area contributed by atoms with Gasteiger partial charge in [0.15, 0.2) is 0 Å². The highest BCUT2D eigenvalue weighted by atomic mass is 15.0. The molecule has 1 aromatic heterocycles. The largest absolute Gasteiger partial charge is 0.341 e. The van der Waals surface area contributed by atoms with E-state index in [4.69, 9.17) is 5.73 Å². The van der Waals surface area contributed by atoms with E-state index in [1.54, 1.807) is 0 Å². The highest BCUT2D eigenvalue weighted by molar-refractivity contribution is 5.75. The average Bonchev–Trinajstić information content (AvgIpc) is 2.91. The van der Waals surface area contributed by atoms with Crippen molar-refractivity contribution in [3.8, 4) is 0 Å². The number of rotatable bonds is 2. The Balaban J connectivity index is 2.15. The van der Waals surface area contributed by atoms with Gasteiger partial charge in [-0.2, -0.15) is 0 Å². The van der Waals surface area contributed by atoms with Crippen LogP contribution >= 0.6 is 0 Å². The number of fused-ring (bicyclic) bond motifs is 1. The first-order valence-electron chi connectivity index (χ1n) is 4.99. The first-order chi connectivity index (χ1) is 6.84. The highest BCUT2D eigenvalue weighted by Crippen LogP contribution is 2.46. The van der Waals surface area contributed by atoms with Crippen LogP contribution in [0.1, 0.15) is 18.7 Å². The molecule has 14 heavy (non-hydrogen) atoms. The third-order valence-electron chi connectivity index (χ3n) is 3.14. The maximum absolute atomic E-state index is 5.76. The molecule has 0 aliphatic heterocycles. The van der Waals surface area contributed by atoms with Crippen LogP contribution in [0.4, 0.5) is 0 Å². The van der Waals surface area contributed by atoms with Gasteiger partial charge in [0, 0.05) is 12.0 Å². The van der Waals surface area contributed by atoms with Gasteiger partial charge in [0.1, 0.15) is 5.82 Å².